The monoisotopic (exact) mass is 733 g/mol. The second-order valence-corrected chi connectivity index (χ2v) is 15.8. The predicted molar refractivity (Wildman–Crippen MR) is 206 cm³/mol. The van der Waals surface area contributed by atoms with Crippen LogP contribution in [0.25, 0.3) is 11.1 Å². The van der Waals surface area contributed by atoms with Gasteiger partial charge in [0.1, 0.15) is 42.4 Å². The number of rotatable bonds is 11. The average Bonchev–Trinajstić information content (AvgIpc) is 3.74. The molecule has 1 spiro atoms. The summed E-state index contributed by atoms with van der Waals surface area (Å²) < 4.78 is 24.9. The molecule has 0 bridgehead atoms. The Morgan fingerprint density at radius 2 is 1.89 bits per heavy atom. The van der Waals surface area contributed by atoms with Crippen LogP contribution in [-0.2, 0) is 27.8 Å². The van der Waals surface area contributed by atoms with Gasteiger partial charge in [0.15, 0.2) is 11.5 Å². The molecule has 3 aromatic carbocycles. The van der Waals surface area contributed by atoms with Gasteiger partial charge < -0.3 is 40.2 Å². The Morgan fingerprint density at radius 1 is 1.04 bits per heavy atom. The van der Waals surface area contributed by atoms with E-state index in [1.807, 2.05) is 30.5 Å². The van der Waals surface area contributed by atoms with E-state index < -0.39 is 6.10 Å². The fourth-order valence-electron chi connectivity index (χ4n) is 9.77. The minimum atomic E-state index is -0.493. The van der Waals surface area contributed by atoms with Crippen molar-refractivity contribution in [2.24, 2.45) is 5.92 Å². The molecule has 3 aliphatic carbocycles. The van der Waals surface area contributed by atoms with Crippen LogP contribution >= 0.6 is 0 Å². The number of carbonyl (C=O) groups excluding carboxylic acids is 1. The standard InChI is InChI=1S/C44H51N3O7/c1-26(48)53-25-35-33-10-11-34-40-30(19-32(49)21-38(40)51-2)23-44(15-14-27(22-44)18-28-8-13-39(45)47-24-28)41(34)43(33)54-42(35)29-9-12-36(50)37(20-29)52-17-16-46-31-6-4-3-5-7-31/h8-13,19-21,24,27,31,35,42,46,49-50H,3-7,14-18,22-23,25H2,1-2H3,(H2,45,47)/t27-,35-,42+,44+/m0/s1. The number of anilines is 1. The van der Waals surface area contributed by atoms with Gasteiger partial charge in [-0.25, -0.2) is 4.98 Å². The van der Waals surface area contributed by atoms with Crippen LogP contribution in [-0.4, -0.2) is 54.1 Å². The third-order valence-corrected chi connectivity index (χ3v) is 12.2. The summed E-state index contributed by atoms with van der Waals surface area (Å²) in [5, 5.41) is 25.2. The number of nitrogens with zero attached hydrogens (tertiary/aromatic N) is 1. The Hall–Kier alpha value is -4.96. The van der Waals surface area contributed by atoms with Crippen LogP contribution in [0.5, 0.6) is 28.7 Å². The Kier molecular flexibility index (Phi) is 10.0. The van der Waals surface area contributed by atoms with Crippen molar-refractivity contribution in [1.29, 1.82) is 0 Å². The lowest BCUT2D eigenvalue weighted by atomic mass is 9.65. The molecule has 54 heavy (non-hydrogen) atoms. The zero-order chi connectivity index (χ0) is 37.4. The summed E-state index contributed by atoms with van der Waals surface area (Å²) in [7, 11) is 1.64. The number of aromatic nitrogens is 1. The van der Waals surface area contributed by atoms with Crippen LogP contribution in [0.4, 0.5) is 5.82 Å². The Balaban J connectivity index is 1.15. The molecule has 8 rings (SSSR count). The van der Waals surface area contributed by atoms with Crippen molar-refractivity contribution in [2.45, 2.75) is 94.6 Å². The lowest BCUT2D eigenvalue weighted by Gasteiger charge is -2.39. The third-order valence-electron chi connectivity index (χ3n) is 12.2. The van der Waals surface area contributed by atoms with E-state index in [-0.39, 0.29) is 35.4 Å². The number of nitrogens with two attached hydrogens (primary N) is 1. The van der Waals surface area contributed by atoms with E-state index in [1.54, 1.807) is 19.2 Å². The van der Waals surface area contributed by atoms with Crippen LogP contribution < -0.4 is 25.3 Å². The number of aromatic hydroxyl groups is 2. The molecular weight excluding hydrogens is 682 g/mol. The summed E-state index contributed by atoms with van der Waals surface area (Å²) in [5.74, 6) is 2.35. The molecule has 10 nitrogen and oxygen atoms in total. The van der Waals surface area contributed by atoms with Crippen molar-refractivity contribution in [3.05, 3.63) is 88.6 Å². The van der Waals surface area contributed by atoms with Gasteiger partial charge in [0.2, 0.25) is 0 Å². The van der Waals surface area contributed by atoms with Crippen molar-refractivity contribution in [3.63, 3.8) is 0 Å². The van der Waals surface area contributed by atoms with Gasteiger partial charge in [0.25, 0.3) is 0 Å². The molecule has 4 atom stereocenters. The summed E-state index contributed by atoms with van der Waals surface area (Å²) in [6.45, 7) is 2.69. The molecule has 1 aromatic heterocycles. The van der Waals surface area contributed by atoms with E-state index >= 15 is 0 Å². The number of phenols is 2. The van der Waals surface area contributed by atoms with Crippen LogP contribution in [0, 0.1) is 5.92 Å². The highest BCUT2D eigenvalue weighted by atomic mass is 16.5. The van der Waals surface area contributed by atoms with Crippen molar-refractivity contribution < 1.29 is 34.0 Å². The van der Waals surface area contributed by atoms with Gasteiger partial charge in [0.05, 0.1) is 13.0 Å². The number of nitrogen functional groups attached to an aromatic ring is 1. The van der Waals surface area contributed by atoms with Crippen molar-refractivity contribution in [3.8, 4) is 39.9 Å². The molecule has 1 aliphatic heterocycles. The zero-order valence-electron chi connectivity index (χ0n) is 31.2. The number of phenolic OH excluding ortho intramolecular Hbond substituents is 2. The number of pyridine rings is 1. The van der Waals surface area contributed by atoms with Crippen LogP contribution in [0.2, 0.25) is 0 Å². The van der Waals surface area contributed by atoms with Crippen molar-refractivity contribution in [2.75, 3.05) is 32.6 Å². The maximum Gasteiger partial charge on any atom is 0.302 e. The van der Waals surface area contributed by atoms with E-state index in [9.17, 15) is 15.0 Å². The first-order chi connectivity index (χ1) is 26.2. The minimum Gasteiger partial charge on any atom is -0.508 e. The van der Waals surface area contributed by atoms with Crippen molar-refractivity contribution >= 4 is 11.8 Å². The fourth-order valence-corrected chi connectivity index (χ4v) is 9.77. The molecule has 2 saturated carbocycles. The summed E-state index contributed by atoms with van der Waals surface area (Å²) in [5.41, 5.74) is 12.8. The number of ether oxygens (including phenoxy) is 4. The first kappa shape index (κ1) is 36.0. The smallest absolute Gasteiger partial charge is 0.302 e. The second-order valence-electron chi connectivity index (χ2n) is 15.8. The minimum absolute atomic E-state index is 0.0695. The molecule has 0 amide bonds. The summed E-state index contributed by atoms with van der Waals surface area (Å²) in [6, 6.07) is 17.6. The van der Waals surface area contributed by atoms with Crippen LogP contribution in [0.15, 0.2) is 60.8 Å². The molecule has 4 aliphatic rings. The fraction of sp³-hybridized carbons (Fsp3) is 0.455. The van der Waals surface area contributed by atoms with Crippen molar-refractivity contribution in [1.82, 2.24) is 10.3 Å². The molecule has 0 radical (unpaired) electrons. The lowest BCUT2D eigenvalue weighted by molar-refractivity contribution is -0.141. The van der Waals surface area contributed by atoms with Crippen LogP contribution in [0.1, 0.15) is 98.1 Å². The maximum atomic E-state index is 12.2. The third kappa shape index (κ3) is 7.04. The van der Waals surface area contributed by atoms with Gasteiger partial charge >= 0.3 is 5.97 Å². The van der Waals surface area contributed by atoms with E-state index in [0.29, 0.717) is 42.4 Å². The quantitative estimate of drug-likeness (QED) is 0.0895. The normalized spacial score (nSPS) is 23.0. The molecule has 0 unspecified atom stereocenters. The number of carbonyl (C=O) groups is 1. The van der Waals surface area contributed by atoms with Gasteiger partial charge in [-0.05, 0) is 97.4 Å². The molecule has 2 fully saturated rings. The number of hydrogen-bond acceptors (Lipinski definition) is 10. The number of nitrogens with one attached hydrogen (secondary N) is 1. The van der Waals surface area contributed by atoms with E-state index in [0.717, 1.165) is 76.8 Å². The Bertz CT molecular complexity index is 2010. The maximum absolute atomic E-state index is 12.2. The Labute approximate surface area is 317 Å². The predicted octanol–water partition coefficient (Wildman–Crippen LogP) is 7.67. The van der Waals surface area contributed by atoms with Gasteiger partial charge in [0, 0.05) is 53.9 Å². The lowest BCUT2D eigenvalue weighted by Crippen LogP contribution is -2.34. The summed E-state index contributed by atoms with van der Waals surface area (Å²) in [6.07, 6.45) is 12.1. The van der Waals surface area contributed by atoms with Gasteiger partial charge in [-0.1, -0.05) is 43.5 Å². The zero-order valence-corrected chi connectivity index (χ0v) is 31.2. The van der Waals surface area contributed by atoms with Crippen LogP contribution in [0.3, 0.4) is 0 Å². The van der Waals surface area contributed by atoms with Gasteiger partial charge in [-0.3, -0.25) is 4.79 Å². The van der Waals surface area contributed by atoms with E-state index in [4.69, 9.17) is 24.7 Å². The molecule has 284 valence electrons. The average molecular weight is 734 g/mol. The molecule has 5 N–H and O–H groups in total. The highest BCUT2D eigenvalue weighted by molar-refractivity contribution is 5.84. The van der Waals surface area contributed by atoms with E-state index in [2.05, 4.69) is 28.5 Å². The van der Waals surface area contributed by atoms with Gasteiger partial charge in [-0.15, -0.1) is 0 Å². The SMILES string of the molecule is COc1cc(O)cc2c1-c1ccc3c(c1[C@@]1(CC[C@@H](Cc4ccc(N)nc4)C1)C2)O[C@H](c1ccc(O)c(OCCNC2CCCCC2)c1)[C@H]3COC(C)=O. The molecule has 10 heteroatoms. The summed E-state index contributed by atoms with van der Waals surface area (Å²) in [4.78, 5) is 16.6. The molecular formula is C44H51N3O7. The first-order valence-electron chi connectivity index (χ1n) is 19.5. The highest BCUT2D eigenvalue weighted by Crippen LogP contribution is 2.62. The van der Waals surface area contributed by atoms with Gasteiger partial charge in [-0.2, -0.15) is 0 Å². The Morgan fingerprint density at radius 3 is 2.67 bits per heavy atom. The summed E-state index contributed by atoms with van der Waals surface area (Å²) >= 11 is 0. The molecule has 2 heterocycles. The first-order valence-corrected chi connectivity index (χ1v) is 19.5. The largest absolute Gasteiger partial charge is 0.508 e. The molecule has 4 aromatic rings. The van der Waals surface area contributed by atoms with E-state index in [1.165, 1.54) is 39.0 Å². The topological polar surface area (TPSA) is 145 Å². The second kappa shape index (κ2) is 15.1. The number of esters is 1. The number of methoxy groups -OCH3 is 1. The molecule has 0 saturated heterocycles. The number of benzene rings is 3. The number of hydrogen-bond donors (Lipinski definition) is 4. The highest BCUT2D eigenvalue weighted by Gasteiger charge is 2.50. The number of fused-ring (bicyclic) bond motifs is 6.